The molecule has 1 saturated heterocycles. The van der Waals surface area contributed by atoms with E-state index in [9.17, 15) is 4.79 Å². The van der Waals surface area contributed by atoms with Crippen LogP contribution in [0.4, 0.5) is 0 Å². The molecule has 0 radical (unpaired) electrons. The number of Topliss-reactive ketones (excluding diaryl/α,β-unsaturated/α-hetero) is 1. The van der Waals surface area contributed by atoms with E-state index in [0.717, 1.165) is 45.3 Å². The van der Waals surface area contributed by atoms with Gasteiger partial charge in [0.1, 0.15) is 5.78 Å². The number of likely N-dealkylation sites (tertiary alicyclic amines) is 1. The van der Waals surface area contributed by atoms with Crippen LogP contribution in [0, 0.1) is 0 Å². The van der Waals surface area contributed by atoms with Crippen LogP contribution in [0.1, 0.15) is 25.7 Å². The lowest BCUT2D eigenvalue weighted by atomic mass is 10.1. The Morgan fingerprint density at radius 2 is 2.00 bits per heavy atom. The minimum Gasteiger partial charge on any atom is -0.302 e. The minimum absolute atomic E-state index is 0.424. The van der Waals surface area contributed by atoms with E-state index in [4.69, 9.17) is 0 Å². The summed E-state index contributed by atoms with van der Waals surface area (Å²) >= 11 is 0. The molecule has 2 aliphatic rings. The summed E-state index contributed by atoms with van der Waals surface area (Å²) in [6.45, 7) is 2.98. The Balaban J connectivity index is 1.76. The third-order valence-electron chi connectivity index (χ3n) is 3.18. The van der Waals surface area contributed by atoms with E-state index >= 15 is 0 Å². The summed E-state index contributed by atoms with van der Waals surface area (Å²) in [7, 11) is 0. The Morgan fingerprint density at radius 1 is 1.19 bits per heavy atom. The van der Waals surface area contributed by atoms with Crippen LogP contribution in [0.3, 0.4) is 0 Å². The van der Waals surface area contributed by atoms with Crippen molar-refractivity contribution in [2.24, 2.45) is 0 Å². The van der Waals surface area contributed by atoms with Crippen LogP contribution in [0.2, 0.25) is 0 Å². The Hall–Kier alpha value is -1.15. The summed E-state index contributed by atoms with van der Waals surface area (Å²) < 4.78 is 0. The van der Waals surface area contributed by atoms with Crippen LogP contribution in [0.25, 0.3) is 0 Å². The molecule has 1 aliphatic heterocycles. The van der Waals surface area contributed by atoms with Crippen LogP contribution in [0.5, 0.6) is 0 Å². The van der Waals surface area contributed by atoms with Crippen molar-refractivity contribution < 1.29 is 4.79 Å². The summed E-state index contributed by atoms with van der Waals surface area (Å²) in [5, 5.41) is 0. The van der Waals surface area contributed by atoms with Crippen LogP contribution in [-0.2, 0) is 4.79 Å². The molecule has 0 bridgehead atoms. The van der Waals surface area contributed by atoms with E-state index in [1.165, 1.54) is 5.57 Å². The summed E-state index contributed by atoms with van der Waals surface area (Å²) in [5.74, 6) is 0.424. The zero-order valence-electron chi connectivity index (χ0n) is 9.69. The molecular formula is C14H19NO. The van der Waals surface area contributed by atoms with Gasteiger partial charge in [0.25, 0.3) is 0 Å². The first-order valence-corrected chi connectivity index (χ1v) is 6.11. The van der Waals surface area contributed by atoms with Crippen molar-refractivity contribution in [1.82, 2.24) is 4.90 Å². The Bertz CT molecular complexity index is 329. The van der Waals surface area contributed by atoms with E-state index < -0.39 is 0 Å². The van der Waals surface area contributed by atoms with E-state index in [1.807, 2.05) is 0 Å². The van der Waals surface area contributed by atoms with Crippen LogP contribution in [-0.4, -0.2) is 30.3 Å². The van der Waals surface area contributed by atoms with Crippen molar-refractivity contribution in [3.05, 3.63) is 36.0 Å². The van der Waals surface area contributed by atoms with Gasteiger partial charge in [-0.05, 0) is 18.4 Å². The van der Waals surface area contributed by atoms with Crippen molar-refractivity contribution in [1.29, 1.82) is 0 Å². The fourth-order valence-electron chi connectivity index (χ4n) is 2.10. The number of ketones is 1. The fraction of sp³-hybridized carbons (Fsp3) is 0.500. The molecule has 0 atom stereocenters. The number of carbonyl (C=O) groups is 1. The highest BCUT2D eigenvalue weighted by Crippen LogP contribution is 2.12. The number of hydrogen-bond donors (Lipinski definition) is 0. The second-order valence-electron chi connectivity index (χ2n) is 4.44. The van der Waals surface area contributed by atoms with Crippen LogP contribution in [0.15, 0.2) is 36.0 Å². The largest absolute Gasteiger partial charge is 0.302 e. The smallest absolute Gasteiger partial charge is 0.135 e. The predicted octanol–water partition coefficient (Wildman–Crippen LogP) is 2.48. The first-order chi connectivity index (χ1) is 7.84. The normalized spacial score (nSPS) is 22.0. The summed E-state index contributed by atoms with van der Waals surface area (Å²) in [5.41, 5.74) is 1.39. The van der Waals surface area contributed by atoms with E-state index in [-0.39, 0.29) is 0 Å². The standard InChI is InChI=1S/C14H19NO/c16-14-8-11-15(12-9-14)10-7-13-5-3-1-2-4-6-13/h1,3-6H,2,7-12H2. The molecule has 0 aromatic heterocycles. The molecule has 0 N–H and O–H groups in total. The number of carbonyl (C=O) groups excluding carboxylic acids is 1. The highest BCUT2D eigenvalue weighted by atomic mass is 16.1. The quantitative estimate of drug-likeness (QED) is 0.724. The lowest BCUT2D eigenvalue weighted by molar-refractivity contribution is -0.121. The molecule has 0 aromatic carbocycles. The molecule has 0 amide bonds. The van der Waals surface area contributed by atoms with Crippen molar-refractivity contribution >= 4 is 5.78 Å². The zero-order valence-corrected chi connectivity index (χ0v) is 9.69. The predicted molar refractivity (Wildman–Crippen MR) is 66.3 cm³/mol. The maximum absolute atomic E-state index is 11.1. The molecule has 1 heterocycles. The Kier molecular flexibility index (Phi) is 4.11. The molecule has 16 heavy (non-hydrogen) atoms. The van der Waals surface area contributed by atoms with Gasteiger partial charge in [0.2, 0.25) is 0 Å². The average Bonchev–Trinajstić information content (AvgIpc) is 2.57. The summed E-state index contributed by atoms with van der Waals surface area (Å²) in [4.78, 5) is 13.5. The number of rotatable bonds is 3. The van der Waals surface area contributed by atoms with Gasteiger partial charge in [-0.3, -0.25) is 4.79 Å². The highest BCUT2D eigenvalue weighted by Gasteiger charge is 2.15. The molecule has 2 rings (SSSR count). The Labute approximate surface area is 97.3 Å². The van der Waals surface area contributed by atoms with Gasteiger partial charge in [0, 0.05) is 32.5 Å². The number of nitrogens with zero attached hydrogens (tertiary/aromatic N) is 1. The molecule has 0 unspecified atom stereocenters. The van der Waals surface area contributed by atoms with Gasteiger partial charge in [-0.25, -0.2) is 0 Å². The van der Waals surface area contributed by atoms with Crippen molar-refractivity contribution in [2.75, 3.05) is 19.6 Å². The highest BCUT2D eigenvalue weighted by molar-refractivity contribution is 5.79. The summed E-state index contributed by atoms with van der Waals surface area (Å²) in [6, 6.07) is 0. The third-order valence-corrected chi connectivity index (χ3v) is 3.18. The first kappa shape index (κ1) is 11.3. The number of allylic oxidation sites excluding steroid dienone is 5. The third kappa shape index (κ3) is 3.46. The fourth-order valence-corrected chi connectivity index (χ4v) is 2.10. The van der Waals surface area contributed by atoms with E-state index in [0.29, 0.717) is 5.78 Å². The molecular weight excluding hydrogens is 198 g/mol. The molecule has 0 spiro atoms. The maximum atomic E-state index is 11.1. The van der Waals surface area contributed by atoms with Crippen molar-refractivity contribution in [3.63, 3.8) is 0 Å². The van der Waals surface area contributed by atoms with Crippen LogP contribution >= 0.6 is 0 Å². The maximum Gasteiger partial charge on any atom is 0.135 e. The minimum atomic E-state index is 0.424. The van der Waals surface area contributed by atoms with Gasteiger partial charge in [-0.1, -0.05) is 30.4 Å². The topological polar surface area (TPSA) is 20.3 Å². The van der Waals surface area contributed by atoms with Gasteiger partial charge in [-0.15, -0.1) is 0 Å². The van der Waals surface area contributed by atoms with E-state index in [2.05, 4.69) is 35.3 Å². The van der Waals surface area contributed by atoms with Gasteiger partial charge in [0.05, 0.1) is 0 Å². The molecule has 2 nitrogen and oxygen atoms in total. The average molecular weight is 217 g/mol. The molecule has 1 fully saturated rings. The first-order valence-electron chi connectivity index (χ1n) is 6.11. The van der Waals surface area contributed by atoms with Crippen molar-refractivity contribution in [2.45, 2.75) is 25.7 Å². The lowest BCUT2D eigenvalue weighted by Crippen LogP contribution is -2.34. The monoisotopic (exact) mass is 217 g/mol. The van der Waals surface area contributed by atoms with Crippen molar-refractivity contribution in [3.8, 4) is 0 Å². The SMILES string of the molecule is O=C1CCN(CCC2=CC=CCC=C2)CC1. The molecule has 1 aliphatic carbocycles. The molecule has 0 saturated carbocycles. The van der Waals surface area contributed by atoms with Gasteiger partial charge < -0.3 is 4.90 Å². The van der Waals surface area contributed by atoms with Crippen LogP contribution < -0.4 is 0 Å². The zero-order chi connectivity index (χ0) is 11.2. The van der Waals surface area contributed by atoms with E-state index in [1.54, 1.807) is 0 Å². The second kappa shape index (κ2) is 5.80. The van der Waals surface area contributed by atoms with Gasteiger partial charge >= 0.3 is 0 Å². The van der Waals surface area contributed by atoms with Gasteiger partial charge in [0.15, 0.2) is 0 Å². The summed E-state index contributed by atoms with van der Waals surface area (Å²) in [6.07, 6.45) is 14.5. The second-order valence-corrected chi connectivity index (χ2v) is 4.44. The number of piperidine rings is 1. The molecule has 86 valence electrons. The number of hydrogen-bond acceptors (Lipinski definition) is 2. The molecule has 2 heteroatoms. The Morgan fingerprint density at radius 3 is 2.81 bits per heavy atom. The van der Waals surface area contributed by atoms with Gasteiger partial charge in [-0.2, -0.15) is 0 Å². The molecule has 0 aromatic rings. The lowest BCUT2D eigenvalue weighted by Gasteiger charge is -2.25.